The molecule has 172 valence electrons. The highest BCUT2D eigenvalue weighted by Crippen LogP contribution is 2.50. The van der Waals surface area contributed by atoms with Crippen LogP contribution in [0.2, 0.25) is 5.02 Å². The monoisotopic (exact) mass is 465 g/mol. The molecule has 33 heavy (non-hydrogen) atoms. The number of hydroxylamine groups is 1. The van der Waals surface area contributed by atoms with E-state index in [1.54, 1.807) is 49.4 Å². The second kappa shape index (κ2) is 10.6. The molecule has 0 amide bonds. The van der Waals surface area contributed by atoms with E-state index >= 15 is 0 Å². The van der Waals surface area contributed by atoms with Crippen LogP contribution >= 0.6 is 11.6 Å². The van der Waals surface area contributed by atoms with Crippen LogP contribution in [0, 0.1) is 5.41 Å². The normalized spacial score (nSPS) is 18.1. The summed E-state index contributed by atoms with van der Waals surface area (Å²) in [5, 5.41) is 0.564. The third kappa shape index (κ3) is 5.62. The molecule has 3 rings (SSSR count). The Hall–Kier alpha value is -3.15. The van der Waals surface area contributed by atoms with Crippen molar-refractivity contribution in [3.05, 3.63) is 107 Å². The Morgan fingerprint density at radius 3 is 2.58 bits per heavy atom. The molecule has 1 atom stereocenters. The van der Waals surface area contributed by atoms with Crippen LogP contribution in [0.4, 0.5) is 0 Å². The van der Waals surface area contributed by atoms with Gasteiger partial charge in [0.2, 0.25) is 0 Å². The topological polar surface area (TPSA) is 64.6 Å². The van der Waals surface area contributed by atoms with Gasteiger partial charge in [0.1, 0.15) is 5.76 Å². The van der Waals surface area contributed by atoms with E-state index in [-0.39, 0.29) is 30.1 Å². The first-order chi connectivity index (χ1) is 15.8. The van der Waals surface area contributed by atoms with E-state index in [4.69, 9.17) is 21.2 Å². The molecule has 0 heterocycles. The van der Waals surface area contributed by atoms with Crippen LogP contribution in [0.15, 0.2) is 90.4 Å². The van der Waals surface area contributed by atoms with Crippen molar-refractivity contribution < 1.29 is 19.2 Å². The minimum atomic E-state index is -0.539. The van der Waals surface area contributed by atoms with E-state index in [0.29, 0.717) is 16.3 Å². The van der Waals surface area contributed by atoms with Gasteiger partial charge in [0.05, 0.1) is 23.4 Å². The first-order valence-corrected chi connectivity index (χ1v) is 11.1. The van der Waals surface area contributed by atoms with Crippen molar-refractivity contribution in [1.29, 1.82) is 0 Å². The average Bonchev–Trinajstić information content (AvgIpc) is 2.77. The molecule has 0 bridgehead atoms. The number of benzene rings is 2. The zero-order valence-corrected chi connectivity index (χ0v) is 19.8. The maximum Gasteiger partial charge on any atom is 0.343 e. The van der Waals surface area contributed by atoms with Crippen molar-refractivity contribution in [2.24, 2.45) is 5.41 Å². The van der Waals surface area contributed by atoms with Crippen molar-refractivity contribution in [3.63, 3.8) is 0 Å². The average molecular weight is 466 g/mol. The highest BCUT2D eigenvalue weighted by Gasteiger charge is 2.45. The van der Waals surface area contributed by atoms with Gasteiger partial charge in [-0.15, -0.1) is 6.58 Å². The number of ether oxygens (including phenoxy) is 1. The number of hydrogen-bond donors (Lipinski definition) is 1. The Kier molecular flexibility index (Phi) is 7.90. The smallest absolute Gasteiger partial charge is 0.343 e. The molecule has 0 saturated carbocycles. The molecule has 2 aromatic rings. The van der Waals surface area contributed by atoms with Gasteiger partial charge in [-0.25, -0.2) is 4.79 Å². The summed E-state index contributed by atoms with van der Waals surface area (Å²) in [4.78, 5) is 31.9. The van der Waals surface area contributed by atoms with Crippen LogP contribution in [-0.2, 0) is 14.4 Å². The van der Waals surface area contributed by atoms with Crippen LogP contribution in [-0.4, -0.2) is 18.4 Å². The van der Waals surface area contributed by atoms with Crippen molar-refractivity contribution in [3.8, 4) is 0 Å². The largest absolute Gasteiger partial charge is 0.426 e. The van der Waals surface area contributed by atoms with E-state index in [9.17, 15) is 9.59 Å². The molecule has 1 N–H and O–H groups in total. The zero-order chi connectivity index (χ0) is 24.0. The lowest BCUT2D eigenvalue weighted by molar-refractivity contribution is -0.118. The van der Waals surface area contributed by atoms with E-state index in [1.807, 2.05) is 38.1 Å². The molecule has 6 heteroatoms. The summed E-state index contributed by atoms with van der Waals surface area (Å²) in [6, 6.07) is 16.1. The number of hydrogen-bond acceptors (Lipinski definition) is 5. The van der Waals surface area contributed by atoms with E-state index in [2.05, 4.69) is 12.1 Å². The van der Waals surface area contributed by atoms with Crippen LogP contribution in [0.1, 0.15) is 49.0 Å². The summed E-state index contributed by atoms with van der Waals surface area (Å²) in [6.07, 6.45) is 3.57. The molecular formula is C27H28ClNO4. The van der Waals surface area contributed by atoms with E-state index in [0.717, 1.165) is 5.56 Å². The summed E-state index contributed by atoms with van der Waals surface area (Å²) >= 11 is 6.30. The van der Waals surface area contributed by atoms with Crippen molar-refractivity contribution in [1.82, 2.24) is 5.48 Å². The van der Waals surface area contributed by atoms with E-state index in [1.165, 1.54) is 0 Å². The van der Waals surface area contributed by atoms with Crippen LogP contribution in [0.3, 0.4) is 0 Å². The van der Waals surface area contributed by atoms with Gasteiger partial charge in [-0.05, 0) is 42.2 Å². The van der Waals surface area contributed by atoms with Crippen LogP contribution < -0.4 is 5.48 Å². The highest BCUT2D eigenvalue weighted by atomic mass is 35.5. The maximum absolute atomic E-state index is 13.4. The summed E-state index contributed by atoms with van der Waals surface area (Å²) in [5.41, 5.74) is 4.26. The molecule has 1 aliphatic rings. The van der Waals surface area contributed by atoms with Gasteiger partial charge >= 0.3 is 5.97 Å². The summed E-state index contributed by atoms with van der Waals surface area (Å²) in [7, 11) is 0. The molecule has 0 aliphatic heterocycles. The number of carbonyl (C=O) groups excluding carboxylic acids is 2. The number of ketones is 1. The fourth-order valence-electron chi connectivity index (χ4n) is 4.09. The Morgan fingerprint density at radius 2 is 1.94 bits per heavy atom. The lowest BCUT2D eigenvalue weighted by Crippen LogP contribution is -2.37. The number of carbonyl (C=O) groups is 2. The molecule has 0 spiro atoms. The second-order valence-electron chi connectivity index (χ2n) is 8.48. The van der Waals surface area contributed by atoms with Crippen molar-refractivity contribution in [2.45, 2.75) is 33.1 Å². The SMILES string of the molecule is C=CCONC(=CC)C1=C(OC(=O)c2ccccc2)C(c2cccc(Cl)c2)C(C)(C)CC1=O. The predicted octanol–water partition coefficient (Wildman–Crippen LogP) is 6.14. The van der Waals surface area contributed by atoms with Gasteiger partial charge in [0.25, 0.3) is 0 Å². The van der Waals surface area contributed by atoms with Crippen molar-refractivity contribution >= 4 is 23.4 Å². The molecule has 2 aromatic carbocycles. The molecule has 5 nitrogen and oxygen atoms in total. The zero-order valence-electron chi connectivity index (χ0n) is 19.1. The van der Waals surface area contributed by atoms with Crippen molar-refractivity contribution in [2.75, 3.05) is 6.61 Å². The van der Waals surface area contributed by atoms with Gasteiger partial charge < -0.3 is 4.74 Å². The number of esters is 1. The van der Waals surface area contributed by atoms with Crippen LogP contribution in [0.25, 0.3) is 0 Å². The third-order valence-corrected chi connectivity index (χ3v) is 5.76. The minimum absolute atomic E-state index is 0.142. The highest BCUT2D eigenvalue weighted by molar-refractivity contribution is 6.30. The maximum atomic E-state index is 13.4. The molecule has 1 aliphatic carbocycles. The number of Topliss-reactive ketones (excluding diaryl/α,β-unsaturated/α-hetero) is 1. The van der Waals surface area contributed by atoms with E-state index < -0.39 is 17.3 Å². The Bertz CT molecular complexity index is 1100. The lowest BCUT2D eigenvalue weighted by atomic mass is 9.65. The Balaban J connectivity index is 2.19. The molecule has 1 unspecified atom stereocenters. The first kappa shape index (κ1) is 24.5. The second-order valence-corrected chi connectivity index (χ2v) is 8.91. The molecule has 0 radical (unpaired) electrons. The third-order valence-electron chi connectivity index (χ3n) is 5.52. The minimum Gasteiger partial charge on any atom is -0.426 e. The number of halogens is 1. The molecule has 0 saturated heterocycles. The predicted molar refractivity (Wildman–Crippen MR) is 130 cm³/mol. The molecule has 0 aromatic heterocycles. The quantitative estimate of drug-likeness (QED) is 0.219. The summed E-state index contributed by atoms with van der Waals surface area (Å²) < 4.78 is 6.01. The van der Waals surface area contributed by atoms with Gasteiger partial charge in [-0.2, -0.15) is 0 Å². The number of nitrogens with one attached hydrogen (secondary N) is 1. The van der Waals surface area contributed by atoms with Gasteiger partial charge in [0, 0.05) is 17.4 Å². The van der Waals surface area contributed by atoms with Gasteiger partial charge in [-0.1, -0.05) is 67.9 Å². The van der Waals surface area contributed by atoms with Gasteiger partial charge in [0.15, 0.2) is 5.78 Å². The fraction of sp³-hybridized carbons (Fsp3) is 0.259. The molecular weight excluding hydrogens is 438 g/mol. The Morgan fingerprint density at radius 1 is 1.21 bits per heavy atom. The Labute approximate surface area is 199 Å². The summed E-state index contributed by atoms with van der Waals surface area (Å²) in [5.74, 6) is -0.803. The van der Waals surface area contributed by atoms with Gasteiger partial charge in [-0.3, -0.25) is 15.1 Å². The molecule has 0 fully saturated rings. The number of allylic oxidation sites excluding steroid dienone is 3. The first-order valence-electron chi connectivity index (χ1n) is 10.7. The lowest BCUT2D eigenvalue weighted by Gasteiger charge is -2.40. The fourth-order valence-corrected chi connectivity index (χ4v) is 4.29. The van der Waals surface area contributed by atoms with Crippen LogP contribution in [0.5, 0.6) is 0 Å². The number of rotatable bonds is 8. The standard InChI is InChI=1S/C27H28ClNO4/c1-5-15-32-29-21(6-2)23-22(30)17-27(3,4)24(19-13-10-14-20(28)16-19)25(23)33-26(31)18-11-8-7-9-12-18/h5-14,16,24,29H,1,15,17H2,2-4H3. The summed E-state index contributed by atoms with van der Waals surface area (Å²) in [6.45, 7) is 9.63.